The summed E-state index contributed by atoms with van der Waals surface area (Å²) in [5.74, 6) is -1.84. The van der Waals surface area contributed by atoms with Gasteiger partial charge in [-0.05, 0) is 48.7 Å². The van der Waals surface area contributed by atoms with E-state index in [9.17, 15) is 9.18 Å². The van der Waals surface area contributed by atoms with E-state index in [1.54, 1.807) is 19.1 Å². The lowest BCUT2D eigenvalue weighted by Crippen LogP contribution is -2.36. The van der Waals surface area contributed by atoms with Crippen molar-refractivity contribution in [1.82, 2.24) is 5.32 Å². The summed E-state index contributed by atoms with van der Waals surface area (Å²) in [4.78, 5) is 11.9. The van der Waals surface area contributed by atoms with E-state index in [1.807, 2.05) is 25.1 Å². The molecule has 0 heterocycles. The van der Waals surface area contributed by atoms with E-state index in [-0.39, 0.29) is 11.4 Å². The number of aryl methyl sites for hydroxylation is 1. The van der Waals surface area contributed by atoms with E-state index in [0.29, 0.717) is 16.7 Å². The number of nitrogen functional groups attached to an aromatic ring is 1. The number of amides is 1. The molecule has 6 nitrogen and oxygen atoms in total. The van der Waals surface area contributed by atoms with Gasteiger partial charge in [-0.3, -0.25) is 20.9 Å². The molecule has 7 heteroatoms. The van der Waals surface area contributed by atoms with Crippen LogP contribution in [-0.2, 0) is 4.79 Å². The normalized spacial score (nSPS) is 11.1. The molecule has 0 aliphatic heterocycles. The Morgan fingerprint density at radius 2 is 1.85 bits per heavy atom. The first-order valence-electron chi connectivity index (χ1n) is 7.77. The van der Waals surface area contributed by atoms with Gasteiger partial charge < -0.3 is 11.5 Å². The third-order valence-electron chi connectivity index (χ3n) is 3.76. The van der Waals surface area contributed by atoms with E-state index in [4.69, 9.17) is 22.3 Å². The first-order valence-corrected chi connectivity index (χ1v) is 7.77. The topological polar surface area (TPSA) is 129 Å². The molecular weight excluding hydrogens is 333 g/mol. The number of nitrogens with two attached hydrogens (primary N) is 2. The van der Waals surface area contributed by atoms with Gasteiger partial charge in [-0.1, -0.05) is 29.8 Å². The van der Waals surface area contributed by atoms with Crippen molar-refractivity contribution in [3.05, 3.63) is 64.5 Å². The van der Waals surface area contributed by atoms with E-state index in [2.05, 4.69) is 5.32 Å². The Labute approximate surface area is 150 Å². The quantitative estimate of drug-likeness (QED) is 0.329. The van der Waals surface area contributed by atoms with Crippen LogP contribution >= 0.6 is 0 Å². The Balaban J connectivity index is 2.52. The Hall–Kier alpha value is -3.48. The van der Waals surface area contributed by atoms with Gasteiger partial charge in [-0.15, -0.1) is 0 Å². The third-order valence-corrected chi connectivity index (χ3v) is 3.76. The van der Waals surface area contributed by atoms with Gasteiger partial charge in [0.05, 0.1) is 5.56 Å². The van der Waals surface area contributed by atoms with Crippen LogP contribution in [0, 0.1) is 23.6 Å². The summed E-state index contributed by atoms with van der Waals surface area (Å²) in [5, 5.41) is 16.7. The zero-order chi connectivity index (χ0) is 19.4. The number of rotatable bonds is 4. The fourth-order valence-corrected chi connectivity index (χ4v) is 2.47. The highest BCUT2D eigenvalue weighted by Gasteiger charge is 2.11. The monoisotopic (exact) mass is 353 g/mol. The molecule has 26 heavy (non-hydrogen) atoms. The second kappa shape index (κ2) is 7.60. The fraction of sp³-hybridized carbons (Fsp3) is 0.105. The van der Waals surface area contributed by atoms with Gasteiger partial charge in [0.15, 0.2) is 5.96 Å². The van der Waals surface area contributed by atoms with Gasteiger partial charge in [0.1, 0.15) is 11.7 Å². The second-order valence-corrected chi connectivity index (χ2v) is 5.89. The number of carbonyl (C=O) groups is 1. The maximum absolute atomic E-state index is 14.2. The predicted octanol–water partition coefficient (Wildman–Crippen LogP) is 2.50. The van der Waals surface area contributed by atoms with Gasteiger partial charge >= 0.3 is 0 Å². The molecule has 0 saturated heterocycles. The zero-order valence-electron chi connectivity index (χ0n) is 14.5. The molecule has 7 N–H and O–H groups in total. The van der Waals surface area contributed by atoms with Crippen LogP contribution in [0.25, 0.3) is 17.2 Å². The van der Waals surface area contributed by atoms with Crippen LogP contribution in [0.15, 0.2) is 42.0 Å². The number of nitrogens with one attached hydrogen (secondary N) is 3. The van der Waals surface area contributed by atoms with Gasteiger partial charge in [-0.2, -0.15) is 0 Å². The highest BCUT2D eigenvalue weighted by Crippen LogP contribution is 2.28. The lowest BCUT2D eigenvalue weighted by atomic mass is 9.95. The minimum Gasteiger partial charge on any atom is -0.384 e. The van der Waals surface area contributed by atoms with Gasteiger partial charge in [0.25, 0.3) is 5.91 Å². The molecular formula is C19H20FN5O. The van der Waals surface area contributed by atoms with E-state index in [0.717, 1.165) is 11.1 Å². The zero-order valence-corrected chi connectivity index (χ0v) is 14.5. The van der Waals surface area contributed by atoms with Crippen molar-refractivity contribution >= 4 is 23.8 Å². The molecule has 134 valence electrons. The summed E-state index contributed by atoms with van der Waals surface area (Å²) in [6.45, 7) is 3.51. The number of benzene rings is 2. The molecule has 0 radical (unpaired) electrons. The Bertz CT molecular complexity index is 934. The Kier molecular flexibility index (Phi) is 5.51. The Morgan fingerprint density at radius 1 is 1.15 bits per heavy atom. The first kappa shape index (κ1) is 18.9. The summed E-state index contributed by atoms with van der Waals surface area (Å²) in [7, 11) is 0. The molecule has 0 saturated carbocycles. The number of hydrogen-bond acceptors (Lipinski definition) is 3. The minimum atomic E-state index is -0.586. The lowest BCUT2D eigenvalue weighted by molar-refractivity contribution is -0.116. The van der Waals surface area contributed by atoms with Crippen molar-refractivity contribution in [1.29, 1.82) is 10.8 Å². The lowest BCUT2D eigenvalue weighted by Gasteiger charge is -2.11. The maximum Gasteiger partial charge on any atom is 0.253 e. The van der Waals surface area contributed by atoms with Gasteiger partial charge in [-0.25, -0.2) is 4.39 Å². The Morgan fingerprint density at radius 3 is 2.42 bits per heavy atom. The maximum atomic E-state index is 14.2. The molecule has 0 aliphatic carbocycles. The van der Waals surface area contributed by atoms with Crippen LogP contribution in [0.5, 0.6) is 0 Å². The molecule has 0 fully saturated rings. The van der Waals surface area contributed by atoms with E-state index >= 15 is 0 Å². The summed E-state index contributed by atoms with van der Waals surface area (Å²) < 4.78 is 14.2. The molecule has 0 bridgehead atoms. The third kappa shape index (κ3) is 4.32. The minimum absolute atomic E-state index is 0.0375. The van der Waals surface area contributed by atoms with Crippen LogP contribution in [-0.4, -0.2) is 17.7 Å². The highest BCUT2D eigenvalue weighted by molar-refractivity contribution is 6.06. The number of amidine groups is 1. The van der Waals surface area contributed by atoms with Crippen LogP contribution in [0.3, 0.4) is 0 Å². The van der Waals surface area contributed by atoms with Crippen molar-refractivity contribution in [2.24, 2.45) is 11.5 Å². The van der Waals surface area contributed by atoms with Crippen molar-refractivity contribution in [2.75, 3.05) is 0 Å². The molecule has 2 rings (SSSR count). The number of hydrogen-bond donors (Lipinski definition) is 5. The van der Waals surface area contributed by atoms with Crippen LogP contribution < -0.4 is 16.8 Å². The van der Waals surface area contributed by atoms with Crippen LogP contribution in [0.1, 0.15) is 23.6 Å². The van der Waals surface area contributed by atoms with Crippen LogP contribution in [0.2, 0.25) is 0 Å². The van der Waals surface area contributed by atoms with Crippen molar-refractivity contribution in [3.8, 4) is 11.1 Å². The molecule has 0 unspecified atom stereocenters. The fourth-order valence-electron chi connectivity index (χ4n) is 2.47. The summed E-state index contributed by atoms with van der Waals surface area (Å²) in [6.07, 6.45) is 1.64. The van der Waals surface area contributed by atoms with Gasteiger partial charge in [0, 0.05) is 5.57 Å². The SMILES string of the molecule is C/C(=C\c1ccc(C)cc1-c1ccc(C(=N)N)c(F)c1)C(=O)NC(=N)N. The largest absolute Gasteiger partial charge is 0.384 e. The predicted molar refractivity (Wildman–Crippen MR) is 101 cm³/mol. The van der Waals surface area contributed by atoms with E-state index in [1.165, 1.54) is 12.1 Å². The van der Waals surface area contributed by atoms with Crippen molar-refractivity contribution in [2.45, 2.75) is 13.8 Å². The summed E-state index contributed by atoms with van der Waals surface area (Å²) in [5.41, 5.74) is 13.9. The average molecular weight is 353 g/mol. The van der Waals surface area contributed by atoms with Crippen molar-refractivity contribution < 1.29 is 9.18 Å². The van der Waals surface area contributed by atoms with Crippen LogP contribution in [0.4, 0.5) is 4.39 Å². The molecule has 0 aromatic heterocycles. The smallest absolute Gasteiger partial charge is 0.253 e. The molecule has 0 atom stereocenters. The number of guanidine groups is 1. The molecule has 2 aromatic carbocycles. The highest BCUT2D eigenvalue weighted by atomic mass is 19.1. The standard InChI is InChI=1S/C19H20FN5O/c1-10-3-4-12(8-11(2)18(26)25-19(23)24)15(7-10)13-5-6-14(17(21)22)16(20)9-13/h3-9H,1-2H3,(H3,21,22)(H4,23,24,25,26)/b11-8+. The van der Waals surface area contributed by atoms with E-state index < -0.39 is 17.7 Å². The first-order chi connectivity index (χ1) is 12.2. The number of carbonyl (C=O) groups excluding carboxylic acids is 1. The molecule has 1 amide bonds. The van der Waals surface area contributed by atoms with Crippen molar-refractivity contribution in [3.63, 3.8) is 0 Å². The molecule has 0 spiro atoms. The molecule has 2 aromatic rings. The van der Waals surface area contributed by atoms with Gasteiger partial charge in [0.2, 0.25) is 0 Å². The summed E-state index contributed by atoms with van der Waals surface area (Å²) in [6, 6.07) is 10.0. The molecule has 0 aliphatic rings. The second-order valence-electron chi connectivity index (χ2n) is 5.89. The summed E-state index contributed by atoms with van der Waals surface area (Å²) >= 11 is 0. The average Bonchev–Trinajstić information content (AvgIpc) is 2.55. The number of halogens is 1.